The van der Waals surface area contributed by atoms with Crippen molar-refractivity contribution in [2.24, 2.45) is 0 Å². The molecule has 3 fully saturated rings. The number of fused-ring (bicyclic) bond motifs is 3. The first-order valence-electron chi connectivity index (χ1n) is 6.86. The van der Waals surface area contributed by atoms with Gasteiger partial charge in [-0.2, -0.15) is 4.98 Å². The summed E-state index contributed by atoms with van der Waals surface area (Å²) in [5.74, 6) is 1.34. The third-order valence-electron chi connectivity index (χ3n) is 4.24. The predicted molar refractivity (Wildman–Crippen MR) is 77.5 cm³/mol. The van der Waals surface area contributed by atoms with E-state index in [0.29, 0.717) is 5.89 Å². The summed E-state index contributed by atoms with van der Waals surface area (Å²) in [7, 11) is 0. The highest BCUT2D eigenvalue weighted by Crippen LogP contribution is 2.35. The summed E-state index contributed by atoms with van der Waals surface area (Å²) in [5, 5.41) is 6.20. The van der Waals surface area contributed by atoms with Gasteiger partial charge in [0.25, 0.3) is 5.89 Å². The SMILES string of the molecule is Cc1csc(-c2nc(C3CN4CCN3CC4)no2)c1N. The lowest BCUT2D eigenvalue weighted by atomic mass is 10.1. The van der Waals surface area contributed by atoms with E-state index in [1.54, 1.807) is 11.3 Å². The lowest BCUT2D eigenvalue weighted by Gasteiger charge is -2.46. The molecule has 0 spiro atoms. The Morgan fingerprint density at radius 3 is 2.75 bits per heavy atom. The Labute approximate surface area is 121 Å². The normalized spacial score (nSPS) is 28.9. The van der Waals surface area contributed by atoms with E-state index in [4.69, 9.17) is 10.3 Å². The second-order valence-corrected chi connectivity index (χ2v) is 6.35. The molecule has 0 saturated carbocycles. The van der Waals surface area contributed by atoms with Gasteiger partial charge in [-0.3, -0.25) is 9.80 Å². The Morgan fingerprint density at radius 2 is 2.15 bits per heavy atom. The number of hydrogen-bond acceptors (Lipinski definition) is 7. The maximum Gasteiger partial charge on any atom is 0.270 e. The van der Waals surface area contributed by atoms with Crippen molar-refractivity contribution < 1.29 is 4.52 Å². The van der Waals surface area contributed by atoms with Crippen LogP contribution >= 0.6 is 11.3 Å². The number of nitrogen functional groups attached to an aromatic ring is 1. The average Bonchev–Trinajstić information content (AvgIpc) is 3.09. The average molecular weight is 291 g/mol. The third-order valence-corrected chi connectivity index (χ3v) is 5.34. The Balaban J connectivity index is 1.64. The van der Waals surface area contributed by atoms with Gasteiger partial charge in [-0.15, -0.1) is 11.3 Å². The number of aromatic nitrogens is 2. The molecule has 3 aliphatic rings. The van der Waals surface area contributed by atoms with Crippen LogP contribution in [0.3, 0.4) is 0 Å². The van der Waals surface area contributed by atoms with Crippen LogP contribution < -0.4 is 5.73 Å². The molecule has 5 heterocycles. The largest absolute Gasteiger partial charge is 0.397 e. The van der Waals surface area contributed by atoms with E-state index < -0.39 is 0 Å². The van der Waals surface area contributed by atoms with Gasteiger partial charge in [-0.1, -0.05) is 5.16 Å². The van der Waals surface area contributed by atoms with Gasteiger partial charge in [0.1, 0.15) is 4.88 Å². The molecule has 0 aliphatic carbocycles. The van der Waals surface area contributed by atoms with E-state index in [1.165, 1.54) is 0 Å². The Kier molecular flexibility index (Phi) is 2.80. The number of hydrogen-bond donors (Lipinski definition) is 1. The van der Waals surface area contributed by atoms with Gasteiger partial charge in [0, 0.05) is 32.7 Å². The van der Waals surface area contributed by atoms with Crippen molar-refractivity contribution in [2.75, 3.05) is 38.5 Å². The van der Waals surface area contributed by atoms with E-state index >= 15 is 0 Å². The predicted octanol–water partition coefficient (Wildman–Crippen LogP) is 1.36. The minimum absolute atomic E-state index is 0.261. The number of nitrogens with two attached hydrogens (primary N) is 1. The number of thiophene rings is 1. The number of aryl methyl sites for hydroxylation is 1. The molecule has 2 aromatic heterocycles. The fourth-order valence-corrected chi connectivity index (χ4v) is 3.84. The van der Waals surface area contributed by atoms with Crippen molar-refractivity contribution in [3.05, 3.63) is 16.8 Å². The van der Waals surface area contributed by atoms with Gasteiger partial charge in [0.2, 0.25) is 0 Å². The zero-order valence-corrected chi connectivity index (χ0v) is 12.2. The maximum atomic E-state index is 6.05. The molecule has 0 radical (unpaired) electrons. The summed E-state index contributed by atoms with van der Waals surface area (Å²) in [6.45, 7) is 7.48. The smallest absolute Gasteiger partial charge is 0.270 e. The van der Waals surface area contributed by atoms with E-state index in [1.807, 2.05) is 12.3 Å². The second-order valence-electron chi connectivity index (χ2n) is 5.47. The van der Waals surface area contributed by atoms with E-state index in [2.05, 4.69) is 19.9 Å². The highest BCUT2D eigenvalue weighted by Gasteiger charge is 2.35. The summed E-state index contributed by atoms with van der Waals surface area (Å²) >= 11 is 1.56. The first-order chi connectivity index (χ1) is 9.72. The van der Waals surface area contributed by atoms with E-state index in [9.17, 15) is 0 Å². The molecule has 0 aromatic carbocycles. The zero-order valence-electron chi connectivity index (χ0n) is 11.4. The van der Waals surface area contributed by atoms with Gasteiger partial charge < -0.3 is 10.3 Å². The highest BCUT2D eigenvalue weighted by atomic mass is 32.1. The van der Waals surface area contributed by atoms with Crippen LogP contribution in [0.1, 0.15) is 17.4 Å². The fraction of sp³-hybridized carbons (Fsp3) is 0.538. The Hall–Kier alpha value is -1.44. The lowest BCUT2D eigenvalue weighted by Crippen LogP contribution is -2.57. The first kappa shape index (κ1) is 12.3. The zero-order chi connectivity index (χ0) is 13.7. The summed E-state index contributed by atoms with van der Waals surface area (Å²) in [6, 6.07) is 0.261. The summed E-state index contributed by atoms with van der Waals surface area (Å²) in [4.78, 5) is 10.4. The van der Waals surface area contributed by atoms with Crippen LogP contribution in [-0.2, 0) is 0 Å². The standard InChI is InChI=1S/C13H17N5OS/c1-8-7-20-11(10(8)14)13-15-12(16-19-13)9-6-17-2-4-18(9)5-3-17/h7,9H,2-6,14H2,1H3. The van der Waals surface area contributed by atoms with E-state index in [-0.39, 0.29) is 6.04 Å². The molecule has 1 unspecified atom stereocenters. The maximum absolute atomic E-state index is 6.05. The second kappa shape index (κ2) is 4.54. The van der Waals surface area contributed by atoms with Gasteiger partial charge >= 0.3 is 0 Å². The van der Waals surface area contributed by atoms with Gasteiger partial charge in [0.15, 0.2) is 5.82 Å². The van der Waals surface area contributed by atoms with Crippen molar-refractivity contribution in [3.63, 3.8) is 0 Å². The number of piperazine rings is 3. The monoisotopic (exact) mass is 291 g/mol. The van der Waals surface area contributed by atoms with Crippen LogP contribution in [0.4, 0.5) is 5.69 Å². The molecule has 20 heavy (non-hydrogen) atoms. The van der Waals surface area contributed by atoms with Gasteiger partial charge in [-0.05, 0) is 17.9 Å². The van der Waals surface area contributed by atoms with Crippen LogP contribution in [-0.4, -0.2) is 52.7 Å². The van der Waals surface area contributed by atoms with Crippen molar-refractivity contribution in [1.82, 2.24) is 19.9 Å². The van der Waals surface area contributed by atoms with Gasteiger partial charge in [-0.25, -0.2) is 0 Å². The molecule has 3 aliphatic heterocycles. The van der Waals surface area contributed by atoms with Crippen molar-refractivity contribution in [2.45, 2.75) is 13.0 Å². The topological polar surface area (TPSA) is 71.4 Å². The number of nitrogens with zero attached hydrogens (tertiary/aromatic N) is 4. The van der Waals surface area contributed by atoms with Crippen LogP contribution in [0.2, 0.25) is 0 Å². The lowest BCUT2D eigenvalue weighted by molar-refractivity contribution is 0.00781. The summed E-state index contributed by atoms with van der Waals surface area (Å²) in [6.07, 6.45) is 0. The molecule has 2 aromatic rings. The number of rotatable bonds is 2. The highest BCUT2D eigenvalue weighted by molar-refractivity contribution is 7.14. The molecule has 6 nitrogen and oxygen atoms in total. The minimum atomic E-state index is 0.261. The molecule has 0 amide bonds. The first-order valence-corrected chi connectivity index (χ1v) is 7.74. The number of anilines is 1. The molecule has 1 atom stereocenters. The molecule has 3 saturated heterocycles. The van der Waals surface area contributed by atoms with Crippen LogP contribution in [0.15, 0.2) is 9.90 Å². The quantitative estimate of drug-likeness (QED) is 0.901. The molecular formula is C13H17N5OS. The molecule has 2 N–H and O–H groups in total. The molecule has 106 valence electrons. The van der Waals surface area contributed by atoms with E-state index in [0.717, 1.165) is 54.7 Å². The molecular weight excluding hydrogens is 274 g/mol. The summed E-state index contributed by atoms with van der Waals surface area (Å²) < 4.78 is 5.43. The third kappa shape index (κ3) is 1.85. The minimum Gasteiger partial charge on any atom is -0.397 e. The molecule has 5 rings (SSSR count). The van der Waals surface area contributed by atoms with Crippen molar-refractivity contribution in [1.29, 1.82) is 0 Å². The van der Waals surface area contributed by atoms with Gasteiger partial charge in [0.05, 0.1) is 11.7 Å². The fourth-order valence-electron chi connectivity index (χ4n) is 2.94. The van der Waals surface area contributed by atoms with Crippen molar-refractivity contribution in [3.8, 4) is 10.8 Å². The Morgan fingerprint density at radius 1 is 1.35 bits per heavy atom. The van der Waals surface area contributed by atoms with Crippen LogP contribution in [0.25, 0.3) is 10.8 Å². The molecule has 2 bridgehead atoms. The van der Waals surface area contributed by atoms with Crippen LogP contribution in [0, 0.1) is 6.92 Å². The van der Waals surface area contributed by atoms with Crippen molar-refractivity contribution >= 4 is 17.0 Å². The summed E-state index contributed by atoms with van der Waals surface area (Å²) in [5.41, 5.74) is 7.86. The molecule has 7 heteroatoms. The van der Waals surface area contributed by atoms with Crippen LogP contribution in [0.5, 0.6) is 0 Å². The Bertz CT molecular complexity index is 628.